The van der Waals surface area contributed by atoms with Crippen LogP contribution in [0.3, 0.4) is 0 Å². The molecule has 0 saturated heterocycles. The Bertz CT molecular complexity index is 457. The summed E-state index contributed by atoms with van der Waals surface area (Å²) in [7, 11) is 0. The van der Waals surface area contributed by atoms with Gasteiger partial charge in [0.1, 0.15) is 0 Å². The topological polar surface area (TPSA) is 37.3 Å². The monoisotopic (exact) mass is 356 g/mol. The molecule has 0 aliphatic carbocycles. The second-order valence-corrected chi connectivity index (χ2v) is 7.31. The lowest BCUT2D eigenvalue weighted by Gasteiger charge is -2.21. The quantitative estimate of drug-likeness (QED) is 0.746. The summed E-state index contributed by atoms with van der Waals surface area (Å²) >= 11 is 3.44. The summed E-state index contributed by atoms with van der Waals surface area (Å²) < 4.78 is 0.913. The number of hydrogen-bond acceptors (Lipinski definition) is 2. The number of hydrogen-bond donors (Lipinski definition) is 1. The second kappa shape index (κ2) is 8.70. The molecule has 1 N–H and O–H groups in total. The molecule has 21 heavy (non-hydrogen) atoms. The lowest BCUT2D eigenvalue weighted by atomic mass is 9.95. The third kappa shape index (κ3) is 6.75. The van der Waals surface area contributed by atoms with Crippen molar-refractivity contribution in [2.24, 2.45) is 11.8 Å². The number of rotatable bonds is 4. The zero-order valence-electron chi connectivity index (χ0n) is 14.3. The van der Waals surface area contributed by atoms with Crippen LogP contribution in [0.2, 0.25) is 0 Å². The fraction of sp³-hybridized carbons (Fsp3) is 0.611. The van der Waals surface area contributed by atoms with Crippen LogP contribution in [-0.4, -0.2) is 16.5 Å². The van der Waals surface area contributed by atoms with Crippen LogP contribution in [-0.2, 0) is 6.42 Å². The van der Waals surface area contributed by atoms with E-state index in [1.54, 1.807) is 0 Å². The average molecular weight is 357 g/mol. The predicted molar refractivity (Wildman–Crippen MR) is 93.8 cm³/mol. The van der Waals surface area contributed by atoms with E-state index in [4.69, 9.17) is 5.11 Å². The van der Waals surface area contributed by atoms with Gasteiger partial charge in [-0.1, -0.05) is 62.7 Å². The molecular weight excluding hydrogens is 328 g/mol. The van der Waals surface area contributed by atoms with Gasteiger partial charge < -0.3 is 5.11 Å². The molecule has 0 aliphatic heterocycles. The standard InChI is InChI=1S/C12H15BrO.C6H14O/c1-4-9-6-5-7-10(13)11(9)12(14)8(2)3;1-5(2)6(3,4)7/h5-8H,4H2,1-3H3;5,7H,1-4H3. The normalized spacial score (nSPS) is 11.4. The number of benzene rings is 1. The van der Waals surface area contributed by atoms with Crippen LogP contribution in [0.5, 0.6) is 0 Å². The Morgan fingerprint density at radius 3 is 2.05 bits per heavy atom. The molecule has 3 heteroatoms. The van der Waals surface area contributed by atoms with Crippen LogP contribution in [0.25, 0.3) is 0 Å². The Labute approximate surface area is 138 Å². The van der Waals surface area contributed by atoms with Gasteiger partial charge in [-0.15, -0.1) is 0 Å². The lowest BCUT2D eigenvalue weighted by molar-refractivity contribution is 0.0327. The van der Waals surface area contributed by atoms with Crippen molar-refractivity contribution < 1.29 is 9.90 Å². The van der Waals surface area contributed by atoms with Gasteiger partial charge in [0.05, 0.1) is 5.60 Å². The number of aliphatic hydroxyl groups is 1. The van der Waals surface area contributed by atoms with E-state index in [9.17, 15) is 4.79 Å². The third-order valence-electron chi connectivity index (χ3n) is 3.66. The first-order valence-corrected chi connectivity index (χ1v) is 8.35. The molecule has 0 atom stereocenters. The van der Waals surface area contributed by atoms with Gasteiger partial charge in [0, 0.05) is 16.0 Å². The van der Waals surface area contributed by atoms with E-state index < -0.39 is 5.60 Å². The van der Waals surface area contributed by atoms with Crippen LogP contribution in [0, 0.1) is 11.8 Å². The molecule has 0 aromatic heterocycles. The molecule has 0 spiro atoms. The van der Waals surface area contributed by atoms with E-state index in [2.05, 4.69) is 22.9 Å². The smallest absolute Gasteiger partial charge is 0.166 e. The minimum atomic E-state index is -0.500. The highest BCUT2D eigenvalue weighted by atomic mass is 79.9. The van der Waals surface area contributed by atoms with Crippen molar-refractivity contribution in [2.45, 2.75) is 60.5 Å². The molecule has 1 aromatic rings. The highest BCUT2D eigenvalue weighted by Gasteiger charge is 2.17. The van der Waals surface area contributed by atoms with Crippen LogP contribution < -0.4 is 0 Å². The van der Waals surface area contributed by atoms with Gasteiger partial charge in [0.25, 0.3) is 0 Å². The van der Waals surface area contributed by atoms with E-state index in [1.807, 2.05) is 59.7 Å². The zero-order valence-corrected chi connectivity index (χ0v) is 15.9. The third-order valence-corrected chi connectivity index (χ3v) is 4.33. The number of ketones is 1. The molecule has 0 unspecified atom stereocenters. The summed E-state index contributed by atoms with van der Waals surface area (Å²) in [4.78, 5) is 11.9. The minimum Gasteiger partial charge on any atom is -0.390 e. The van der Waals surface area contributed by atoms with E-state index in [0.29, 0.717) is 5.92 Å². The van der Waals surface area contributed by atoms with Crippen LogP contribution in [0.1, 0.15) is 64.4 Å². The van der Waals surface area contributed by atoms with Crippen LogP contribution >= 0.6 is 15.9 Å². The Kier molecular flexibility index (Phi) is 8.42. The summed E-state index contributed by atoms with van der Waals surface area (Å²) in [5, 5.41) is 9.09. The molecule has 2 nitrogen and oxygen atoms in total. The van der Waals surface area contributed by atoms with Crippen molar-refractivity contribution in [1.82, 2.24) is 0 Å². The molecule has 0 amide bonds. The highest BCUT2D eigenvalue weighted by molar-refractivity contribution is 9.10. The Hall–Kier alpha value is -0.670. The van der Waals surface area contributed by atoms with Gasteiger partial charge in [-0.05, 0) is 37.8 Å². The number of carbonyl (C=O) groups is 1. The first-order valence-electron chi connectivity index (χ1n) is 7.56. The molecule has 0 fully saturated rings. The Morgan fingerprint density at radius 2 is 1.71 bits per heavy atom. The molecule has 0 bridgehead atoms. The molecule has 1 aromatic carbocycles. The zero-order chi connectivity index (χ0) is 16.8. The van der Waals surface area contributed by atoms with E-state index in [-0.39, 0.29) is 11.7 Å². The van der Waals surface area contributed by atoms with E-state index >= 15 is 0 Å². The summed E-state index contributed by atoms with van der Waals surface area (Å²) in [6.45, 7) is 13.6. The first kappa shape index (κ1) is 20.3. The van der Waals surface area contributed by atoms with Crippen molar-refractivity contribution in [3.05, 3.63) is 33.8 Å². The number of aryl methyl sites for hydroxylation is 1. The number of halogens is 1. The number of Topliss-reactive ketones (excluding diaryl/α,β-unsaturated/α-hetero) is 1. The predicted octanol–water partition coefficient (Wildman–Crippen LogP) is 5.26. The maximum atomic E-state index is 11.9. The fourth-order valence-electron chi connectivity index (χ4n) is 1.43. The van der Waals surface area contributed by atoms with Gasteiger partial charge >= 0.3 is 0 Å². The second-order valence-electron chi connectivity index (χ2n) is 6.45. The van der Waals surface area contributed by atoms with Crippen LogP contribution in [0.15, 0.2) is 22.7 Å². The highest BCUT2D eigenvalue weighted by Crippen LogP contribution is 2.24. The molecule has 120 valence electrons. The molecule has 1 rings (SSSR count). The van der Waals surface area contributed by atoms with Crippen molar-refractivity contribution in [1.29, 1.82) is 0 Å². The molecule has 0 radical (unpaired) electrons. The maximum Gasteiger partial charge on any atom is 0.166 e. The van der Waals surface area contributed by atoms with Gasteiger partial charge in [0.15, 0.2) is 5.78 Å². The van der Waals surface area contributed by atoms with Crippen molar-refractivity contribution in [3.63, 3.8) is 0 Å². The Morgan fingerprint density at radius 1 is 1.24 bits per heavy atom. The molecule has 0 saturated carbocycles. The van der Waals surface area contributed by atoms with Crippen molar-refractivity contribution >= 4 is 21.7 Å². The summed E-state index contributed by atoms with van der Waals surface area (Å²) in [6.07, 6.45) is 0.896. The SMILES string of the molecule is CC(C)C(C)(C)O.CCc1cccc(Br)c1C(=O)C(C)C. The molecule has 0 heterocycles. The maximum absolute atomic E-state index is 11.9. The average Bonchev–Trinajstić information content (AvgIpc) is 2.37. The molecule has 0 aliphatic rings. The van der Waals surface area contributed by atoms with E-state index in [1.165, 1.54) is 0 Å². The lowest BCUT2D eigenvalue weighted by Crippen LogP contribution is -2.25. The van der Waals surface area contributed by atoms with Gasteiger partial charge in [-0.25, -0.2) is 0 Å². The van der Waals surface area contributed by atoms with Crippen molar-refractivity contribution in [3.8, 4) is 0 Å². The number of carbonyl (C=O) groups excluding carboxylic acids is 1. The van der Waals surface area contributed by atoms with E-state index in [0.717, 1.165) is 22.0 Å². The minimum absolute atomic E-state index is 0.0546. The fourth-order valence-corrected chi connectivity index (χ4v) is 2.03. The summed E-state index contributed by atoms with van der Waals surface area (Å²) in [5.41, 5.74) is 1.48. The van der Waals surface area contributed by atoms with Crippen molar-refractivity contribution in [2.75, 3.05) is 0 Å². The van der Waals surface area contributed by atoms with Gasteiger partial charge in [0.2, 0.25) is 0 Å². The van der Waals surface area contributed by atoms with Crippen LogP contribution in [0.4, 0.5) is 0 Å². The summed E-state index contributed by atoms with van der Waals surface area (Å²) in [5.74, 6) is 0.626. The summed E-state index contributed by atoms with van der Waals surface area (Å²) in [6, 6.07) is 5.91. The first-order chi connectivity index (χ1) is 9.52. The Balaban J connectivity index is 0.000000486. The molecular formula is C18H29BrO2. The van der Waals surface area contributed by atoms with Gasteiger partial charge in [-0.3, -0.25) is 4.79 Å². The van der Waals surface area contributed by atoms with Gasteiger partial charge in [-0.2, -0.15) is 0 Å². The largest absolute Gasteiger partial charge is 0.390 e.